The molecule has 2 rings (SSSR count). The van der Waals surface area contributed by atoms with E-state index in [0.717, 1.165) is 30.0 Å². The van der Waals surface area contributed by atoms with Crippen molar-refractivity contribution in [2.24, 2.45) is 0 Å². The molecule has 1 aromatic rings. The van der Waals surface area contributed by atoms with Gasteiger partial charge >= 0.3 is 0 Å². The Morgan fingerprint density at radius 1 is 1.18 bits per heavy atom. The van der Waals surface area contributed by atoms with Crippen LogP contribution in [0.5, 0.6) is 0 Å². The van der Waals surface area contributed by atoms with Gasteiger partial charge in [0.2, 0.25) is 0 Å². The zero-order valence-electron chi connectivity index (χ0n) is 9.47. The first kappa shape index (κ1) is 11.5. The van der Waals surface area contributed by atoms with Gasteiger partial charge in [0, 0.05) is 17.1 Å². The van der Waals surface area contributed by atoms with Crippen molar-refractivity contribution in [3.05, 3.63) is 40.5 Å². The van der Waals surface area contributed by atoms with E-state index in [1.807, 2.05) is 6.92 Å². The van der Waals surface area contributed by atoms with Gasteiger partial charge in [-0.15, -0.1) is 0 Å². The molecule has 0 saturated heterocycles. The molecule has 1 aliphatic rings. The van der Waals surface area contributed by atoms with Gasteiger partial charge in [0.1, 0.15) is 18.9 Å². The summed E-state index contributed by atoms with van der Waals surface area (Å²) >= 11 is 0. The maximum atomic E-state index is 11.1. The smallest absolute Gasteiger partial charge is 0.150 e. The largest absolute Gasteiger partial charge is 0.303 e. The molecule has 0 amide bonds. The third-order valence-electron chi connectivity index (χ3n) is 3.16. The number of benzene rings is 1. The number of hydrogen-bond donors (Lipinski definition) is 0. The summed E-state index contributed by atoms with van der Waals surface area (Å²) < 4.78 is 0. The predicted molar refractivity (Wildman–Crippen MR) is 64.0 cm³/mol. The molecule has 1 atom stereocenters. The SMILES string of the molecule is Cc1ccc(C=O)c2c1C(C=O)=CCC2C=O. The number of rotatable bonds is 3. The minimum absolute atomic E-state index is 0.325. The van der Waals surface area contributed by atoms with Crippen LogP contribution in [0.1, 0.15) is 39.4 Å². The van der Waals surface area contributed by atoms with Gasteiger partial charge in [-0.2, -0.15) is 0 Å². The van der Waals surface area contributed by atoms with Gasteiger partial charge in [-0.05, 0) is 30.0 Å². The van der Waals surface area contributed by atoms with Crippen LogP contribution >= 0.6 is 0 Å². The van der Waals surface area contributed by atoms with Crippen LogP contribution in [0.4, 0.5) is 0 Å². The van der Waals surface area contributed by atoms with Crippen LogP contribution in [-0.4, -0.2) is 18.9 Å². The number of fused-ring (bicyclic) bond motifs is 1. The van der Waals surface area contributed by atoms with E-state index >= 15 is 0 Å². The Balaban J connectivity index is 2.78. The number of hydrogen-bond acceptors (Lipinski definition) is 3. The first-order valence-corrected chi connectivity index (χ1v) is 5.42. The van der Waals surface area contributed by atoms with Gasteiger partial charge in [-0.25, -0.2) is 0 Å². The molecule has 86 valence electrons. The van der Waals surface area contributed by atoms with Crippen molar-refractivity contribution >= 4 is 24.4 Å². The molecular formula is C14H12O3. The quantitative estimate of drug-likeness (QED) is 0.744. The molecule has 3 nitrogen and oxygen atoms in total. The van der Waals surface area contributed by atoms with Gasteiger partial charge in [-0.1, -0.05) is 18.2 Å². The summed E-state index contributed by atoms with van der Waals surface area (Å²) in [5, 5.41) is 0. The molecule has 0 N–H and O–H groups in total. The van der Waals surface area contributed by atoms with E-state index < -0.39 is 0 Å². The molecular weight excluding hydrogens is 216 g/mol. The highest BCUT2D eigenvalue weighted by Crippen LogP contribution is 2.36. The number of aldehydes is 3. The first-order chi connectivity index (χ1) is 8.22. The van der Waals surface area contributed by atoms with Gasteiger partial charge in [0.15, 0.2) is 0 Å². The van der Waals surface area contributed by atoms with Crippen molar-refractivity contribution in [2.45, 2.75) is 19.3 Å². The van der Waals surface area contributed by atoms with Crippen molar-refractivity contribution in [1.82, 2.24) is 0 Å². The van der Waals surface area contributed by atoms with Gasteiger partial charge in [0.25, 0.3) is 0 Å². The Hall–Kier alpha value is -2.03. The zero-order valence-corrected chi connectivity index (χ0v) is 9.47. The predicted octanol–water partition coefficient (Wildman–Crippen LogP) is 2.08. The van der Waals surface area contributed by atoms with E-state index in [0.29, 0.717) is 23.1 Å². The maximum Gasteiger partial charge on any atom is 0.150 e. The zero-order chi connectivity index (χ0) is 12.4. The summed E-state index contributed by atoms with van der Waals surface area (Å²) in [5.74, 6) is -0.325. The average Bonchev–Trinajstić information content (AvgIpc) is 2.38. The highest BCUT2D eigenvalue weighted by molar-refractivity contribution is 6.10. The summed E-state index contributed by atoms with van der Waals surface area (Å²) in [5.41, 5.74) is 3.41. The lowest BCUT2D eigenvalue weighted by molar-refractivity contribution is -0.109. The number of carbonyl (C=O) groups is 3. The Bertz CT molecular complexity index is 527. The van der Waals surface area contributed by atoms with Crippen LogP contribution in [0.3, 0.4) is 0 Å². The van der Waals surface area contributed by atoms with Gasteiger partial charge in [0.05, 0.1) is 0 Å². The third kappa shape index (κ3) is 1.73. The number of aryl methyl sites for hydroxylation is 1. The Labute approximate surface area is 99.1 Å². The Morgan fingerprint density at radius 2 is 1.94 bits per heavy atom. The lowest BCUT2D eigenvalue weighted by Gasteiger charge is -2.23. The van der Waals surface area contributed by atoms with Crippen molar-refractivity contribution < 1.29 is 14.4 Å². The molecule has 0 spiro atoms. The second kappa shape index (κ2) is 4.45. The maximum absolute atomic E-state index is 11.1. The van der Waals surface area contributed by atoms with Crippen LogP contribution in [0.15, 0.2) is 18.2 Å². The molecule has 0 saturated carbocycles. The highest BCUT2D eigenvalue weighted by atomic mass is 16.1. The highest BCUT2D eigenvalue weighted by Gasteiger charge is 2.25. The molecule has 0 aliphatic heterocycles. The van der Waals surface area contributed by atoms with Crippen LogP contribution in [0.2, 0.25) is 0 Å². The van der Waals surface area contributed by atoms with Crippen molar-refractivity contribution in [2.75, 3.05) is 0 Å². The number of carbonyl (C=O) groups excluding carboxylic acids is 3. The normalized spacial score (nSPS) is 17.9. The summed E-state index contributed by atoms with van der Waals surface area (Å²) in [6.07, 6.45) is 4.60. The summed E-state index contributed by atoms with van der Waals surface area (Å²) in [4.78, 5) is 33.1. The van der Waals surface area contributed by atoms with Crippen molar-refractivity contribution in [3.8, 4) is 0 Å². The molecule has 1 aromatic carbocycles. The molecule has 0 bridgehead atoms. The molecule has 0 radical (unpaired) electrons. The second-order valence-corrected chi connectivity index (χ2v) is 4.13. The first-order valence-electron chi connectivity index (χ1n) is 5.42. The van der Waals surface area contributed by atoms with Crippen LogP contribution in [-0.2, 0) is 9.59 Å². The second-order valence-electron chi connectivity index (χ2n) is 4.13. The standard InChI is InChI=1S/C14H12O3/c1-9-2-3-11(7-16)14-12(8-17)5-4-10(6-15)13(9)14/h2-4,6-8,12H,5H2,1H3. The van der Waals surface area contributed by atoms with E-state index in [-0.39, 0.29) is 5.92 Å². The van der Waals surface area contributed by atoms with E-state index in [9.17, 15) is 14.4 Å². The molecule has 0 fully saturated rings. The fourth-order valence-corrected chi connectivity index (χ4v) is 2.33. The minimum atomic E-state index is -0.325. The fraction of sp³-hybridized carbons (Fsp3) is 0.214. The van der Waals surface area contributed by atoms with Crippen LogP contribution in [0.25, 0.3) is 5.57 Å². The summed E-state index contributed by atoms with van der Waals surface area (Å²) in [6, 6.07) is 3.50. The monoisotopic (exact) mass is 228 g/mol. The topological polar surface area (TPSA) is 51.2 Å². The van der Waals surface area contributed by atoms with Crippen LogP contribution in [0, 0.1) is 6.92 Å². The molecule has 3 heteroatoms. The van der Waals surface area contributed by atoms with Gasteiger partial charge < -0.3 is 4.79 Å². The molecule has 1 unspecified atom stereocenters. The molecule has 0 heterocycles. The Kier molecular flexibility index (Phi) is 3.00. The fourth-order valence-electron chi connectivity index (χ4n) is 2.33. The third-order valence-corrected chi connectivity index (χ3v) is 3.16. The average molecular weight is 228 g/mol. The van der Waals surface area contributed by atoms with Crippen LogP contribution < -0.4 is 0 Å². The van der Waals surface area contributed by atoms with E-state index in [4.69, 9.17) is 0 Å². The minimum Gasteiger partial charge on any atom is -0.303 e. The summed E-state index contributed by atoms with van der Waals surface area (Å²) in [7, 11) is 0. The number of allylic oxidation sites excluding steroid dienone is 2. The molecule has 1 aliphatic carbocycles. The molecule has 0 aromatic heterocycles. The van der Waals surface area contributed by atoms with E-state index in [2.05, 4.69) is 0 Å². The lowest BCUT2D eigenvalue weighted by atomic mass is 9.79. The van der Waals surface area contributed by atoms with E-state index in [1.54, 1.807) is 18.2 Å². The van der Waals surface area contributed by atoms with Crippen molar-refractivity contribution in [1.29, 1.82) is 0 Å². The lowest BCUT2D eigenvalue weighted by Crippen LogP contribution is -2.13. The van der Waals surface area contributed by atoms with E-state index in [1.165, 1.54) is 0 Å². The van der Waals surface area contributed by atoms with Gasteiger partial charge in [-0.3, -0.25) is 9.59 Å². The summed E-state index contributed by atoms with van der Waals surface area (Å²) in [6.45, 7) is 1.87. The molecule has 17 heavy (non-hydrogen) atoms. The van der Waals surface area contributed by atoms with Crippen molar-refractivity contribution in [3.63, 3.8) is 0 Å². The Morgan fingerprint density at radius 3 is 2.53 bits per heavy atom.